The lowest BCUT2D eigenvalue weighted by molar-refractivity contribution is 0.359. The van der Waals surface area contributed by atoms with Crippen molar-refractivity contribution in [3.05, 3.63) is 23.1 Å². The smallest absolute Gasteiger partial charge is 0.179 e. The number of rotatable bonds is 0. The van der Waals surface area contributed by atoms with Crippen LogP contribution in [0.3, 0.4) is 0 Å². The van der Waals surface area contributed by atoms with Crippen LogP contribution in [0.2, 0.25) is 0 Å². The molecule has 0 radical (unpaired) electrons. The van der Waals surface area contributed by atoms with Crippen LogP contribution in [-0.4, -0.2) is 6.61 Å². The SMILES string of the molecule is C1=COc2cscc2OC1. The molecule has 52 valence electrons. The van der Waals surface area contributed by atoms with Crippen LogP contribution in [0.5, 0.6) is 11.5 Å². The number of ether oxygens (including phenoxy) is 2. The van der Waals surface area contributed by atoms with Gasteiger partial charge in [0.25, 0.3) is 0 Å². The predicted molar refractivity (Wildman–Crippen MR) is 39.6 cm³/mol. The zero-order valence-electron chi connectivity index (χ0n) is 5.24. The van der Waals surface area contributed by atoms with E-state index in [1.807, 2.05) is 16.8 Å². The normalized spacial score (nSPS) is 14.8. The average molecular weight is 154 g/mol. The van der Waals surface area contributed by atoms with Crippen molar-refractivity contribution in [1.82, 2.24) is 0 Å². The van der Waals surface area contributed by atoms with Crippen LogP contribution in [0.1, 0.15) is 0 Å². The van der Waals surface area contributed by atoms with Gasteiger partial charge in [0.05, 0.1) is 6.26 Å². The molecular weight excluding hydrogens is 148 g/mol. The average Bonchev–Trinajstić information content (AvgIpc) is 2.28. The van der Waals surface area contributed by atoms with E-state index in [4.69, 9.17) is 9.47 Å². The lowest BCUT2D eigenvalue weighted by Crippen LogP contribution is -1.88. The second-order valence-corrected chi connectivity index (χ2v) is 2.64. The van der Waals surface area contributed by atoms with Crippen molar-refractivity contribution >= 4 is 11.3 Å². The van der Waals surface area contributed by atoms with E-state index >= 15 is 0 Å². The number of hydrogen-bond acceptors (Lipinski definition) is 3. The van der Waals surface area contributed by atoms with E-state index in [1.54, 1.807) is 17.6 Å². The Morgan fingerprint density at radius 3 is 3.20 bits per heavy atom. The molecule has 2 nitrogen and oxygen atoms in total. The number of thiophene rings is 1. The van der Waals surface area contributed by atoms with E-state index in [0.717, 1.165) is 11.5 Å². The second kappa shape index (κ2) is 2.34. The molecule has 0 aliphatic carbocycles. The van der Waals surface area contributed by atoms with Crippen LogP contribution in [0.4, 0.5) is 0 Å². The highest BCUT2D eigenvalue weighted by Gasteiger charge is 2.06. The minimum atomic E-state index is 0.601. The molecule has 0 N–H and O–H groups in total. The molecule has 1 aliphatic heterocycles. The summed E-state index contributed by atoms with van der Waals surface area (Å²) < 4.78 is 10.5. The van der Waals surface area contributed by atoms with E-state index in [0.29, 0.717) is 6.61 Å². The Bertz CT molecular complexity index is 252. The summed E-state index contributed by atoms with van der Waals surface area (Å²) in [4.78, 5) is 0. The van der Waals surface area contributed by atoms with Crippen molar-refractivity contribution in [2.75, 3.05) is 6.61 Å². The van der Waals surface area contributed by atoms with Gasteiger partial charge in [-0.1, -0.05) is 0 Å². The number of hydrogen-bond donors (Lipinski definition) is 0. The maximum atomic E-state index is 5.29. The first kappa shape index (κ1) is 5.80. The first-order valence-corrected chi connectivity index (χ1v) is 3.92. The Morgan fingerprint density at radius 1 is 1.30 bits per heavy atom. The minimum absolute atomic E-state index is 0.601. The van der Waals surface area contributed by atoms with Crippen LogP contribution < -0.4 is 9.47 Å². The highest BCUT2D eigenvalue weighted by atomic mass is 32.1. The summed E-state index contributed by atoms with van der Waals surface area (Å²) in [6, 6.07) is 0. The molecule has 0 spiro atoms. The fraction of sp³-hybridized carbons (Fsp3) is 0.143. The summed E-state index contributed by atoms with van der Waals surface area (Å²) in [6.07, 6.45) is 3.49. The summed E-state index contributed by atoms with van der Waals surface area (Å²) in [5.41, 5.74) is 0. The fourth-order valence-electron chi connectivity index (χ4n) is 0.763. The molecule has 1 aromatic rings. The molecule has 0 bridgehead atoms. The third-order valence-electron chi connectivity index (χ3n) is 1.22. The van der Waals surface area contributed by atoms with Crippen LogP contribution in [0, 0.1) is 0 Å². The first-order valence-electron chi connectivity index (χ1n) is 2.97. The molecule has 3 heteroatoms. The zero-order valence-corrected chi connectivity index (χ0v) is 6.06. The molecular formula is C7H6O2S. The molecule has 0 unspecified atom stereocenters. The van der Waals surface area contributed by atoms with Crippen molar-refractivity contribution in [3.63, 3.8) is 0 Å². The first-order chi connectivity index (χ1) is 4.97. The molecule has 1 aromatic heterocycles. The van der Waals surface area contributed by atoms with Crippen molar-refractivity contribution in [2.24, 2.45) is 0 Å². The molecule has 0 amide bonds. The van der Waals surface area contributed by atoms with Crippen LogP contribution in [0.25, 0.3) is 0 Å². The van der Waals surface area contributed by atoms with Gasteiger partial charge in [0, 0.05) is 10.8 Å². The van der Waals surface area contributed by atoms with E-state index in [1.165, 1.54) is 0 Å². The number of fused-ring (bicyclic) bond motifs is 1. The molecule has 1 aliphatic rings. The standard InChI is InChI=1S/C7H6O2S/c1-2-8-6-4-10-5-7(6)9-3-1/h1-2,4-5H,3H2. The Kier molecular flexibility index (Phi) is 1.36. The molecule has 10 heavy (non-hydrogen) atoms. The van der Waals surface area contributed by atoms with Gasteiger partial charge in [-0.3, -0.25) is 0 Å². The molecule has 0 saturated heterocycles. The van der Waals surface area contributed by atoms with Gasteiger partial charge in [0.15, 0.2) is 11.5 Å². The van der Waals surface area contributed by atoms with Crippen molar-refractivity contribution in [2.45, 2.75) is 0 Å². The van der Waals surface area contributed by atoms with Crippen LogP contribution >= 0.6 is 11.3 Å². The van der Waals surface area contributed by atoms with Crippen LogP contribution in [-0.2, 0) is 0 Å². The largest absolute Gasteiger partial charge is 0.485 e. The lowest BCUT2D eigenvalue weighted by atomic mass is 10.5. The molecule has 0 saturated carbocycles. The maximum Gasteiger partial charge on any atom is 0.179 e. The Morgan fingerprint density at radius 2 is 2.20 bits per heavy atom. The predicted octanol–water partition coefficient (Wildman–Crippen LogP) is 2.03. The summed E-state index contributed by atoms with van der Waals surface area (Å²) in [5.74, 6) is 1.66. The summed E-state index contributed by atoms with van der Waals surface area (Å²) in [5, 5.41) is 3.85. The monoisotopic (exact) mass is 154 g/mol. The molecule has 0 fully saturated rings. The zero-order chi connectivity index (χ0) is 6.81. The second-order valence-electron chi connectivity index (χ2n) is 1.90. The Balaban J connectivity index is 2.37. The Labute approximate surface area is 62.7 Å². The van der Waals surface area contributed by atoms with E-state index in [2.05, 4.69) is 0 Å². The summed E-state index contributed by atoms with van der Waals surface area (Å²) >= 11 is 1.58. The van der Waals surface area contributed by atoms with Crippen molar-refractivity contribution in [3.8, 4) is 11.5 Å². The topological polar surface area (TPSA) is 18.5 Å². The van der Waals surface area contributed by atoms with E-state index in [-0.39, 0.29) is 0 Å². The summed E-state index contributed by atoms with van der Waals surface area (Å²) in [6.45, 7) is 0.601. The highest BCUT2D eigenvalue weighted by Crippen LogP contribution is 2.32. The van der Waals surface area contributed by atoms with Gasteiger partial charge in [-0.15, -0.1) is 11.3 Å². The minimum Gasteiger partial charge on any atom is -0.485 e. The van der Waals surface area contributed by atoms with Crippen molar-refractivity contribution in [1.29, 1.82) is 0 Å². The maximum absolute atomic E-state index is 5.29. The molecule has 2 heterocycles. The van der Waals surface area contributed by atoms with Gasteiger partial charge in [-0.05, 0) is 6.08 Å². The van der Waals surface area contributed by atoms with Crippen molar-refractivity contribution < 1.29 is 9.47 Å². The fourth-order valence-corrected chi connectivity index (χ4v) is 1.43. The van der Waals surface area contributed by atoms with Gasteiger partial charge in [0.1, 0.15) is 6.61 Å². The summed E-state index contributed by atoms with van der Waals surface area (Å²) in [7, 11) is 0. The van der Waals surface area contributed by atoms with E-state index < -0.39 is 0 Å². The van der Waals surface area contributed by atoms with Gasteiger partial charge in [-0.25, -0.2) is 0 Å². The third-order valence-corrected chi connectivity index (χ3v) is 1.92. The molecule has 0 aromatic carbocycles. The van der Waals surface area contributed by atoms with Gasteiger partial charge < -0.3 is 9.47 Å². The van der Waals surface area contributed by atoms with Crippen LogP contribution in [0.15, 0.2) is 23.1 Å². The lowest BCUT2D eigenvalue weighted by Gasteiger charge is -1.97. The molecule has 2 rings (SSSR count). The Hall–Kier alpha value is -0.960. The van der Waals surface area contributed by atoms with Gasteiger partial charge >= 0.3 is 0 Å². The molecule has 0 atom stereocenters. The van der Waals surface area contributed by atoms with E-state index in [9.17, 15) is 0 Å². The third kappa shape index (κ3) is 0.885. The van der Waals surface area contributed by atoms with Gasteiger partial charge in [-0.2, -0.15) is 0 Å². The van der Waals surface area contributed by atoms with Gasteiger partial charge in [0.2, 0.25) is 0 Å². The quantitative estimate of drug-likeness (QED) is 0.569. The highest BCUT2D eigenvalue weighted by molar-refractivity contribution is 7.08.